The summed E-state index contributed by atoms with van der Waals surface area (Å²) in [6.07, 6.45) is 4.11. The van der Waals surface area contributed by atoms with Gasteiger partial charge in [0.05, 0.1) is 0 Å². The molecule has 0 spiro atoms. The third-order valence-electron chi connectivity index (χ3n) is 3.53. The lowest BCUT2D eigenvalue weighted by Gasteiger charge is -2.40. The van der Waals surface area contributed by atoms with Crippen LogP contribution in [0, 0.1) is 11.3 Å². The van der Waals surface area contributed by atoms with Crippen molar-refractivity contribution in [1.82, 2.24) is 5.32 Å². The van der Waals surface area contributed by atoms with E-state index in [1.165, 1.54) is 32.4 Å². The SMILES string of the molecule is CCC1(C(C)C)CCNCC1. The van der Waals surface area contributed by atoms with Crippen molar-refractivity contribution in [3.05, 3.63) is 0 Å². The number of rotatable bonds is 2. The van der Waals surface area contributed by atoms with Crippen LogP contribution in [0.25, 0.3) is 0 Å². The van der Waals surface area contributed by atoms with Crippen molar-refractivity contribution in [3.63, 3.8) is 0 Å². The van der Waals surface area contributed by atoms with E-state index in [0.717, 1.165) is 5.92 Å². The summed E-state index contributed by atoms with van der Waals surface area (Å²) in [6, 6.07) is 0. The van der Waals surface area contributed by atoms with E-state index >= 15 is 0 Å². The van der Waals surface area contributed by atoms with Gasteiger partial charge in [0, 0.05) is 0 Å². The maximum atomic E-state index is 3.43. The first-order valence-corrected chi connectivity index (χ1v) is 4.92. The summed E-state index contributed by atoms with van der Waals surface area (Å²) in [5, 5.41) is 3.43. The van der Waals surface area contributed by atoms with Gasteiger partial charge in [-0.15, -0.1) is 0 Å². The van der Waals surface area contributed by atoms with Crippen LogP contribution < -0.4 is 5.32 Å². The smallest absolute Gasteiger partial charge is 0.00435 e. The molecule has 0 saturated carbocycles. The van der Waals surface area contributed by atoms with Crippen LogP contribution in [0.15, 0.2) is 0 Å². The van der Waals surface area contributed by atoms with Gasteiger partial charge in [0.2, 0.25) is 0 Å². The summed E-state index contributed by atoms with van der Waals surface area (Å²) in [6.45, 7) is 9.53. The summed E-state index contributed by atoms with van der Waals surface area (Å²) in [5.74, 6) is 0.856. The Bertz CT molecular complexity index is 112. The van der Waals surface area contributed by atoms with Gasteiger partial charge in [0.15, 0.2) is 0 Å². The number of hydrogen-bond acceptors (Lipinski definition) is 1. The molecule has 1 saturated heterocycles. The van der Waals surface area contributed by atoms with Crippen LogP contribution in [0.3, 0.4) is 0 Å². The molecule has 1 heterocycles. The largest absolute Gasteiger partial charge is 0.317 e. The zero-order valence-electron chi connectivity index (χ0n) is 8.11. The summed E-state index contributed by atoms with van der Waals surface area (Å²) in [5.41, 5.74) is 0.658. The van der Waals surface area contributed by atoms with Crippen molar-refractivity contribution < 1.29 is 0 Å². The predicted octanol–water partition coefficient (Wildman–Crippen LogP) is 2.42. The lowest BCUT2D eigenvalue weighted by Crippen LogP contribution is -2.39. The Morgan fingerprint density at radius 2 is 1.82 bits per heavy atom. The van der Waals surface area contributed by atoms with Crippen molar-refractivity contribution in [2.75, 3.05) is 13.1 Å². The second kappa shape index (κ2) is 3.57. The van der Waals surface area contributed by atoms with Gasteiger partial charge in [-0.05, 0) is 37.3 Å². The molecule has 0 radical (unpaired) electrons. The highest BCUT2D eigenvalue weighted by Crippen LogP contribution is 2.39. The maximum Gasteiger partial charge on any atom is -0.00435 e. The highest BCUT2D eigenvalue weighted by atomic mass is 14.9. The van der Waals surface area contributed by atoms with Crippen LogP contribution in [0.2, 0.25) is 0 Å². The fourth-order valence-corrected chi connectivity index (χ4v) is 2.26. The van der Waals surface area contributed by atoms with E-state index in [4.69, 9.17) is 0 Å². The predicted molar refractivity (Wildman–Crippen MR) is 49.7 cm³/mol. The summed E-state index contributed by atoms with van der Waals surface area (Å²) < 4.78 is 0. The molecule has 0 amide bonds. The van der Waals surface area contributed by atoms with Gasteiger partial charge in [0.25, 0.3) is 0 Å². The van der Waals surface area contributed by atoms with Crippen molar-refractivity contribution in [2.45, 2.75) is 40.0 Å². The van der Waals surface area contributed by atoms with Crippen LogP contribution in [0.4, 0.5) is 0 Å². The molecule has 0 aliphatic carbocycles. The molecule has 0 aromatic rings. The molecule has 1 aliphatic heterocycles. The topological polar surface area (TPSA) is 12.0 Å². The fraction of sp³-hybridized carbons (Fsp3) is 1.00. The van der Waals surface area contributed by atoms with Gasteiger partial charge in [-0.3, -0.25) is 0 Å². The van der Waals surface area contributed by atoms with Crippen LogP contribution in [0.1, 0.15) is 40.0 Å². The minimum atomic E-state index is 0.658. The lowest BCUT2D eigenvalue weighted by molar-refractivity contribution is 0.122. The first-order chi connectivity index (χ1) is 5.21. The Hall–Kier alpha value is -0.0400. The van der Waals surface area contributed by atoms with Crippen molar-refractivity contribution in [2.24, 2.45) is 11.3 Å². The second-order valence-corrected chi connectivity index (χ2v) is 4.12. The van der Waals surface area contributed by atoms with Crippen molar-refractivity contribution in [1.29, 1.82) is 0 Å². The third kappa shape index (κ3) is 1.76. The molecule has 11 heavy (non-hydrogen) atoms. The Morgan fingerprint density at radius 3 is 2.09 bits per heavy atom. The molecule has 1 fully saturated rings. The van der Waals surface area contributed by atoms with Crippen LogP contribution in [-0.2, 0) is 0 Å². The zero-order valence-corrected chi connectivity index (χ0v) is 8.11. The van der Waals surface area contributed by atoms with E-state index in [2.05, 4.69) is 26.1 Å². The van der Waals surface area contributed by atoms with E-state index in [-0.39, 0.29) is 0 Å². The second-order valence-electron chi connectivity index (χ2n) is 4.12. The van der Waals surface area contributed by atoms with E-state index in [1.807, 2.05) is 0 Å². The van der Waals surface area contributed by atoms with Gasteiger partial charge in [-0.2, -0.15) is 0 Å². The lowest BCUT2D eigenvalue weighted by atomic mass is 9.69. The first kappa shape index (κ1) is 9.05. The molecule has 0 bridgehead atoms. The molecule has 1 aliphatic rings. The standard InChI is InChI=1S/C10H21N/c1-4-10(9(2)3)5-7-11-8-6-10/h9,11H,4-8H2,1-3H3. The normalized spacial score (nSPS) is 24.0. The van der Waals surface area contributed by atoms with E-state index in [9.17, 15) is 0 Å². The summed E-state index contributed by atoms with van der Waals surface area (Å²) in [7, 11) is 0. The van der Waals surface area contributed by atoms with Gasteiger partial charge >= 0.3 is 0 Å². The molecule has 66 valence electrons. The first-order valence-electron chi connectivity index (χ1n) is 4.92. The molecule has 0 atom stereocenters. The Balaban J connectivity index is 2.57. The molecule has 0 aromatic heterocycles. The van der Waals surface area contributed by atoms with Crippen LogP contribution in [-0.4, -0.2) is 13.1 Å². The van der Waals surface area contributed by atoms with E-state index < -0.39 is 0 Å². The molecular weight excluding hydrogens is 134 g/mol. The highest BCUT2D eigenvalue weighted by Gasteiger charge is 2.32. The zero-order chi connectivity index (χ0) is 8.32. The number of piperidine rings is 1. The molecule has 1 N–H and O–H groups in total. The molecular formula is C10H21N. The molecule has 1 nitrogen and oxygen atoms in total. The average Bonchev–Trinajstić information content (AvgIpc) is 2.05. The highest BCUT2D eigenvalue weighted by molar-refractivity contribution is 4.85. The van der Waals surface area contributed by atoms with Crippen molar-refractivity contribution in [3.8, 4) is 0 Å². The van der Waals surface area contributed by atoms with Crippen molar-refractivity contribution >= 4 is 0 Å². The number of hydrogen-bond donors (Lipinski definition) is 1. The van der Waals surface area contributed by atoms with Gasteiger partial charge < -0.3 is 5.32 Å². The fourth-order valence-electron chi connectivity index (χ4n) is 2.26. The maximum absolute atomic E-state index is 3.43. The van der Waals surface area contributed by atoms with E-state index in [0.29, 0.717) is 5.41 Å². The average molecular weight is 155 g/mol. The van der Waals surface area contributed by atoms with Gasteiger partial charge in [0.1, 0.15) is 0 Å². The molecule has 1 heteroatoms. The Kier molecular flexibility index (Phi) is 2.94. The Labute approximate surface area is 70.6 Å². The van der Waals surface area contributed by atoms with Gasteiger partial charge in [-0.25, -0.2) is 0 Å². The summed E-state index contributed by atoms with van der Waals surface area (Å²) >= 11 is 0. The minimum absolute atomic E-state index is 0.658. The molecule has 0 aromatic carbocycles. The minimum Gasteiger partial charge on any atom is -0.317 e. The number of nitrogens with one attached hydrogen (secondary N) is 1. The van der Waals surface area contributed by atoms with Crippen LogP contribution in [0.5, 0.6) is 0 Å². The van der Waals surface area contributed by atoms with E-state index in [1.54, 1.807) is 0 Å². The summed E-state index contributed by atoms with van der Waals surface area (Å²) in [4.78, 5) is 0. The Morgan fingerprint density at radius 1 is 1.27 bits per heavy atom. The quantitative estimate of drug-likeness (QED) is 0.646. The molecule has 1 rings (SSSR count). The monoisotopic (exact) mass is 155 g/mol. The van der Waals surface area contributed by atoms with Gasteiger partial charge in [-0.1, -0.05) is 27.2 Å². The van der Waals surface area contributed by atoms with Crippen LogP contribution >= 0.6 is 0 Å². The third-order valence-corrected chi connectivity index (χ3v) is 3.53. The molecule has 0 unspecified atom stereocenters.